The van der Waals surface area contributed by atoms with Crippen LogP contribution in [0.15, 0.2) is 36.4 Å². The molecule has 122 valence electrons. The minimum Gasteiger partial charge on any atom is -0.484 e. The van der Waals surface area contributed by atoms with Crippen LogP contribution in [0.25, 0.3) is 0 Å². The molecule has 0 bridgehead atoms. The second-order valence-electron chi connectivity index (χ2n) is 5.35. The Morgan fingerprint density at radius 1 is 1.22 bits per heavy atom. The largest absolute Gasteiger partial charge is 0.484 e. The molecule has 0 aliphatic heterocycles. The summed E-state index contributed by atoms with van der Waals surface area (Å²) in [6.07, 6.45) is 0.442. The lowest BCUT2D eigenvalue weighted by Crippen LogP contribution is -2.30. The number of benzene rings is 2. The monoisotopic (exact) mass is 335 g/mol. The molecule has 3 nitrogen and oxygen atoms in total. The van der Waals surface area contributed by atoms with Crippen molar-refractivity contribution in [2.75, 3.05) is 13.2 Å². The summed E-state index contributed by atoms with van der Waals surface area (Å²) < 4.78 is 18.9. The van der Waals surface area contributed by atoms with Gasteiger partial charge in [-0.25, -0.2) is 4.39 Å². The number of nitrogens with one attached hydrogen (secondary N) is 1. The molecule has 0 heterocycles. The molecule has 1 amide bonds. The van der Waals surface area contributed by atoms with Crippen molar-refractivity contribution in [2.45, 2.75) is 20.3 Å². The first kappa shape index (κ1) is 17.3. The zero-order valence-corrected chi connectivity index (χ0v) is 13.9. The molecule has 2 aromatic carbocycles. The number of amides is 1. The summed E-state index contributed by atoms with van der Waals surface area (Å²) in [6, 6.07) is 10.1. The highest BCUT2D eigenvalue weighted by atomic mass is 35.5. The highest BCUT2D eigenvalue weighted by Gasteiger charge is 2.07. The standard InChI is InChI=1S/C18H19ClFNO2/c1-12-9-15(10-13(2)18(12)19)23-11-17(22)21-8-7-14-5-3-4-6-16(14)20/h3-6,9-10H,7-8,11H2,1-2H3,(H,21,22). The van der Waals surface area contributed by atoms with Gasteiger partial charge in [0.15, 0.2) is 6.61 Å². The third-order valence-corrected chi connectivity index (χ3v) is 4.05. The molecule has 2 rings (SSSR count). The SMILES string of the molecule is Cc1cc(OCC(=O)NCCc2ccccc2F)cc(C)c1Cl. The number of carbonyl (C=O) groups is 1. The van der Waals surface area contributed by atoms with Gasteiger partial charge in [-0.1, -0.05) is 29.8 Å². The highest BCUT2D eigenvalue weighted by molar-refractivity contribution is 6.32. The second kappa shape index (κ2) is 7.97. The lowest BCUT2D eigenvalue weighted by molar-refractivity contribution is -0.123. The van der Waals surface area contributed by atoms with Crippen molar-refractivity contribution in [3.05, 3.63) is 63.9 Å². The third-order valence-electron chi connectivity index (χ3n) is 3.45. The van der Waals surface area contributed by atoms with E-state index in [1.54, 1.807) is 30.3 Å². The maximum Gasteiger partial charge on any atom is 0.257 e. The van der Waals surface area contributed by atoms with Crippen LogP contribution < -0.4 is 10.1 Å². The summed E-state index contributed by atoms with van der Waals surface area (Å²) in [5.74, 6) is 0.102. The van der Waals surface area contributed by atoms with Gasteiger partial charge >= 0.3 is 0 Å². The fourth-order valence-corrected chi connectivity index (χ4v) is 2.34. The Labute approximate surface area is 140 Å². The van der Waals surface area contributed by atoms with Crippen molar-refractivity contribution in [1.29, 1.82) is 0 Å². The van der Waals surface area contributed by atoms with Crippen LogP contribution in [0.3, 0.4) is 0 Å². The molecule has 23 heavy (non-hydrogen) atoms. The van der Waals surface area contributed by atoms with Crippen molar-refractivity contribution >= 4 is 17.5 Å². The van der Waals surface area contributed by atoms with E-state index in [0.29, 0.717) is 29.3 Å². The van der Waals surface area contributed by atoms with Crippen molar-refractivity contribution in [3.63, 3.8) is 0 Å². The van der Waals surface area contributed by atoms with Gasteiger partial charge in [0.2, 0.25) is 0 Å². The Hall–Kier alpha value is -2.07. The molecule has 0 radical (unpaired) electrons. The average Bonchev–Trinajstić information content (AvgIpc) is 2.52. The van der Waals surface area contributed by atoms with Gasteiger partial charge in [0, 0.05) is 11.6 Å². The summed E-state index contributed by atoms with van der Waals surface area (Å²) in [6.45, 7) is 4.05. The Kier molecular flexibility index (Phi) is 5.99. The van der Waals surface area contributed by atoms with Crippen LogP contribution in [0.4, 0.5) is 4.39 Å². The predicted octanol–water partition coefficient (Wildman–Crippen LogP) is 3.83. The maximum atomic E-state index is 13.4. The molecule has 0 atom stereocenters. The molecule has 0 aromatic heterocycles. The van der Waals surface area contributed by atoms with E-state index in [1.807, 2.05) is 13.8 Å². The van der Waals surface area contributed by atoms with E-state index in [2.05, 4.69) is 5.32 Å². The van der Waals surface area contributed by atoms with Crippen LogP contribution in [-0.4, -0.2) is 19.1 Å². The van der Waals surface area contributed by atoms with Gasteiger partial charge in [-0.3, -0.25) is 4.79 Å². The molecule has 0 fully saturated rings. The van der Waals surface area contributed by atoms with E-state index in [4.69, 9.17) is 16.3 Å². The fraction of sp³-hybridized carbons (Fsp3) is 0.278. The molecule has 0 saturated carbocycles. The molecule has 0 aliphatic rings. The van der Waals surface area contributed by atoms with Crippen molar-refractivity contribution < 1.29 is 13.9 Å². The summed E-state index contributed by atoms with van der Waals surface area (Å²) in [5.41, 5.74) is 2.39. The van der Waals surface area contributed by atoms with Crippen LogP contribution in [0.5, 0.6) is 5.75 Å². The van der Waals surface area contributed by atoms with E-state index in [9.17, 15) is 9.18 Å². The molecule has 5 heteroatoms. The summed E-state index contributed by atoms with van der Waals surface area (Å²) in [7, 11) is 0. The van der Waals surface area contributed by atoms with Gasteiger partial charge in [0.05, 0.1) is 0 Å². The number of halogens is 2. The van der Waals surface area contributed by atoms with E-state index < -0.39 is 0 Å². The average molecular weight is 336 g/mol. The molecule has 0 saturated heterocycles. The normalized spacial score (nSPS) is 10.4. The number of rotatable bonds is 6. The number of aryl methyl sites for hydroxylation is 2. The zero-order chi connectivity index (χ0) is 16.8. The summed E-state index contributed by atoms with van der Waals surface area (Å²) in [4.78, 5) is 11.8. The van der Waals surface area contributed by atoms with Crippen molar-refractivity contribution in [3.8, 4) is 5.75 Å². The first-order chi connectivity index (χ1) is 11.0. The fourth-order valence-electron chi connectivity index (χ4n) is 2.23. The van der Waals surface area contributed by atoms with Gasteiger partial charge < -0.3 is 10.1 Å². The Morgan fingerprint density at radius 3 is 2.52 bits per heavy atom. The minimum atomic E-state index is -0.259. The summed E-state index contributed by atoms with van der Waals surface area (Å²) in [5, 5.41) is 3.41. The lowest BCUT2D eigenvalue weighted by Gasteiger charge is -2.10. The van der Waals surface area contributed by atoms with Gasteiger partial charge in [-0.2, -0.15) is 0 Å². The van der Waals surface area contributed by atoms with E-state index >= 15 is 0 Å². The number of hydrogen-bond acceptors (Lipinski definition) is 2. The zero-order valence-electron chi connectivity index (χ0n) is 13.2. The Bertz CT molecular complexity index is 680. The maximum absolute atomic E-state index is 13.4. The van der Waals surface area contributed by atoms with Crippen LogP contribution in [0.2, 0.25) is 5.02 Å². The number of hydrogen-bond donors (Lipinski definition) is 1. The van der Waals surface area contributed by atoms with Crippen molar-refractivity contribution in [2.24, 2.45) is 0 Å². The first-order valence-electron chi connectivity index (χ1n) is 7.37. The molecular weight excluding hydrogens is 317 g/mol. The van der Waals surface area contributed by atoms with E-state index in [1.165, 1.54) is 6.07 Å². The van der Waals surface area contributed by atoms with Crippen molar-refractivity contribution in [1.82, 2.24) is 5.32 Å². The van der Waals surface area contributed by atoms with Gasteiger partial charge in [0.25, 0.3) is 5.91 Å². The highest BCUT2D eigenvalue weighted by Crippen LogP contribution is 2.25. The van der Waals surface area contributed by atoms with Crippen LogP contribution >= 0.6 is 11.6 Å². The molecule has 0 unspecified atom stereocenters. The van der Waals surface area contributed by atoms with Crippen LogP contribution in [0.1, 0.15) is 16.7 Å². The van der Waals surface area contributed by atoms with E-state index in [0.717, 1.165) is 11.1 Å². The minimum absolute atomic E-state index is 0.0855. The molecule has 0 spiro atoms. The van der Waals surface area contributed by atoms with Gasteiger partial charge in [-0.15, -0.1) is 0 Å². The Morgan fingerprint density at radius 2 is 1.87 bits per heavy atom. The topological polar surface area (TPSA) is 38.3 Å². The van der Waals surface area contributed by atoms with E-state index in [-0.39, 0.29) is 18.3 Å². The smallest absolute Gasteiger partial charge is 0.257 e. The molecule has 2 aromatic rings. The number of ether oxygens (including phenoxy) is 1. The third kappa shape index (κ3) is 4.96. The first-order valence-corrected chi connectivity index (χ1v) is 7.75. The quantitative estimate of drug-likeness (QED) is 0.871. The molecule has 1 N–H and O–H groups in total. The Balaban J connectivity index is 1.78. The summed E-state index contributed by atoms with van der Waals surface area (Å²) >= 11 is 6.09. The van der Waals surface area contributed by atoms with Gasteiger partial charge in [0.1, 0.15) is 11.6 Å². The van der Waals surface area contributed by atoms with Crippen LogP contribution in [0, 0.1) is 19.7 Å². The predicted molar refractivity (Wildman–Crippen MR) is 89.5 cm³/mol. The number of carbonyl (C=O) groups excluding carboxylic acids is 1. The second-order valence-corrected chi connectivity index (χ2v) is 5.73. The van der Waals surface area contributed by atoms with Gasteiger partial charge in [-0.05, 0) is 55.2 Å². The molecular formula is C18H19ClFNO2. The van der Waals surface area contributed by atoms with Crippen LogP contribution in [-0.2, 0) is 11.2 Å². The molecule has 0 aliphatic carbocycles. The lowest BCUT2D eigenvalue weighted by atomic mass is 10.1.